The summed E-state index contributed by atoms with van der Waals surface area (Å²) in [6.07, 6.45) is -5.06. The van der Waals surface area contributed by atoms with E-state index in [1.165, 1.54) is 23.5 Å². The Hall–Kier alpha value is -1.64. The maximum Gasteiger partial charge on any atom is 0.417 e. The van der Waals surface area contributed by atoms with Gasteiger partial charge in [-0.3, -0.25) is 0 Å². The van der Waals surface area contributed by atoms with Crippen LogP contribution in [-0.4, -0.2) is 42.5 Å². The second-order valence-electron chi connectivity index (χ2n) is 5.23. The fraction of sp³-hybridized carbons (Fsp3) is 0.400. The molecule has 2 heterocycles. The third-order valence-electron chi connectivity index (χ3n) is 3.52. The molecule has 0 saturated carbocycles. The average molecular weight is 344 g/mol. The minimum absolute atomic E-state index is 0.0640. The summed E-state index contributed by atoms with van der Waals surface area (Å²) >= 11 is 1.26. The fourth-order valence-electron chi connectivity index (χ4n) is 2.45. The third-order valence-corrected chi connectivity index (χ3v) is 4.42. The standard InChI is InChI=1S/C15H15F3N2O2S/c16-15(17,18)12-4-2-1-3-11(12)13-9-23-14(19-13)20-5-6-22-8-10(21)7-20/h1-4,9-10,21H,5-8H2. The summed E-state index contributed by atoms with van der Waals surface area (Å²) in [4.78, 5) is 6.17. The van der Waals surface area contributed by atoms with Crippen molar-refractivity contribution >= 4 is 16.5 Å². The minimum atomic E-state index is -4.42. The maximum atomic E-state index is 13.1. The Labute approximate surface area is 135 Å². The summed E-state index contributed by atoms with van der Waals surface area (Å²) in [5, 5.41) is 12.0. The number of halogens is 3. The normalized spacial score (nSPS) is 19.7. The van der Waals surface area contributed by atoms with Crippen molar-refractivity contribution in [3.8, 4) is 11.3 Å². The minimum Gasteiger partial charge on any atom is -0.389 e. The number of hydrogen-bond acceptors (Lipinski definition) is 5. The second kappa shape index (κ2) is 6.46. The second-order valence-corrected chi connectivity index (χ2v) is 6.07. The molecule has 0 aliphatic carbocycles. The molecule has 0 amide bonds. The lowest BCUT2D eigenvalue weighted by atomic mass is 10.1. The lowest BCUT2D eigenvalue weighted by Crippen LogP contribution is -2.32. The van der Waals surface area contributed by atoms with Crippen molar-refractivity contribution in [2.24, 2.45) is 0 Å². The summed E-state index contributed by atoms with van der Waals surface area (Å²) in [5.41, 5.74) is -0.345. The molecule has 1 aromatic carbocycles. The van der Waals surface area contributed by atoms with Crippen LogP contribution in [0.4, 0.5) is 18.3 Å². The molecule has 1 aliphatic rings. The highest BCUT2D eigenvalue weighted by Gasteiger charge is 2.34. The van der Waals surface area contributed by atoms with Crippen molar-refractivity contribution in [1.82, 2.24) is 4.98 Å². The SMILES string of the molecule is OC1COCCN(c2nc(-c3ccccc3C(F)(F)F)cs2)C1. The highest BCUT2D eigenvalue weighted by Crippen LogP contribution is 2.38. The Morgan fingerprint density at radius 2 is 2.09 bits per heavy atom. The van der Waals surface area contributed by atoms with E-state index in [0.29, 0.717) is 24.8 Å². The highest BCUT2D eigenvalue weighted by atomic mass is 32.1. The monoisotopic (exact) mass is 344 g/mol. The van der Waals surface area contributed by atoms with E-state index in [1.54, 1.807) is 11.4 Å². The molecule has 0 spiro atoms. The number of rotatable bonds is 2. The number of anilines is 1. The maximum absolute atomic E-state index is 13.1. The average Bonchev–Trinajstić information content (AvgIpc) is 2.89. The zero-order valence-electron chi connectivity index (χ0n) is 12.1. The molecule has 1 aliphatic heterocycles. The predicted octanol–water partition coefficient (Wildman–Crippen LogP) is 3.03. The van der Waals surface area contributed by atoms with Crippen molar-refractivity contribution < 1.29 is 23.0 Å². The van der Waals surface area contributed by atoms with Crippen molar-refractivity contribution in [2.75, 3.05) is 31.2 Å². The first-order valence-electron chi connectivity index (χ1n) is 7.08. The van der Waals surface area contributed by atoms with Crippen LogP contribution in [0.5, 0.6) is 0 Å². The third kappa shape index (κ3) is 3.65. The van der Waals surface area contributed by atoms with Gasteiger partial charge in [0.15, 0.2) is 5.13 Å². The summed E-state index contributed by atoms with van der Waals surface area (Å²) in [6.45, 7) is 1.61. The van der Waals surface area contributed by atoms with Gasteiger partial charge < -0.3 is 14.7 Å². The summed E-state index contributed by atoms with van der Waals surface area (Å²) in [5.74, 6) is 0. The van der Waals surface area contributed by atoms with Crippen molar-refractivity contribution in [1.29, 1.82) is 0 Å². The molecule has 3 rings (SSSR count). The van der Waals surface area contributed by atoms with E-state index in [-0.39, 0.29) is 17.9 Å². The summed E-state index contributed by atoms with van der Waals surface area (Å²) in [6, 6.07) is 5.40. The number of thiazole rings is 1. The summed E-state index contributed by atoms with van der Waals surface area (Å²) in [7, 11) is 0. The number of alkyl halides is 3. The topological polar surface area (TPSA) is 45.6 Å². The number of aromatic nitrogens is 1. The molecule has 0 bridgehead atoms. The first-order valence-corrected chi connectivity index (χ1v) is 7.96. The molecule has 2 aromatic rings. The van der Waals surface area contributed by atoms with Crippen LogP contribution in [0.25, 0.3) is 11.3 Å². The number of aliphatic hydroxyl groups is 1. The Balaban J connectivity index is 1.91. The van der Waals surface area contributed by atoms with Crippen LogP contribution in [0.3, 0.4) is 0 Å². The summed E-state index contributed by atoms with van der Waals surface area (Å²) < 4.78 is 44.6. The first-order chi connectivity index (χ1) is 10.9. The molecular formula is C15H15F3N2O2S. The number of hydrogen-bond donors (Lipinski definition) is 1. The van der Waals surface area contributed by atoms with Crippen LogP contribution in [0.1, 0.15) is 5.56 Å². The van der Waals surface area contributed by atoms with Crippen LogP contribution in [0, 0.1) is 0 Å². The predicted molar refractivity (Wildman–Crippen MR) is 81.6 cm³/mol. The fourth-order valence-corrected chi connectivity index (χ4v) is 3.32. The van der Waals surface area contributed by atoms with Gasteiger partial charge in [-0.25, -0.2) is 4.98 Å². The van der Waals surface area contributed by atoms with Gasteiger partial charge in [-0.15, -0.1) is 11.3 Å². The number of benzene rings is 1. The van der Waals surface area contributed by atoms with E-state index in [0.717, 1.165) is 6.07 Å². The van der Waals surface area contributed by atoms with E-state index in [1.807, 2.05) is 4.90 Å². The molecule has 1 unspecified atom stereocenters. The molecule has 124 valence electrons. The van der Waals surface area contributed by atoms with Gasteiger partial charge in [0.05, 0.1) is 30.6 Å². The largest absolute Gasteiger partial charge is 0.417 e. The van der Waals surface area contributed by atoms with Crippen LogP contribution < -0.4 is 4.90 Å². The number of nitrogens with zero attached hydrogens (tertiary/aromatic N) is 2. The van der Waals surface area contributed by atoms with Gasteiger partial charge in [0, 0.05) is 24.0 Å². The van der Waals surface area contributed by atoms with Gasteiger partial charge in [-0.1, -0.05) is 18.2 Å². The number of β-amino-alcohol motifs (C(OH)–C–C–N with tert-alkyl or cyclic N) is 1. The van der Waals surface area contributed by atoms with Gasteiger partial charge in [0.25, 0.3) is 0 Å². The molecule has 4 nitrogen and oxygen atoms in total. The number of ether oxygens (including phenoxy) is 1. The van der Waals surface area contributed by atoms with Gasteiger partial charge in [-0.2, -0.15) is 13.2 Å². The van der Waals surface area contributed by atoms with E-state index < -0.39 is 17.8 Å². The molecule has 1 N–H and O–H groups in total. The molecule has 1 atom stereocenters. The Morgan fingerprint density at radius 3 is 2.87 bits per heavy atom. The Bertz CT molecular complexity index is 675. The number of aliphatic hydroxyl groups excluding tert-OH is 1. The van der Waals surface area contributed by atoms with Gasteiger partial charge in [-0.05, 0) is 6.07 Å². The highest BCUT2D eigenvalue weighted by molar-refractivity contribution is 7.14. The lowest BCUT2D eigenvalue weighted by molar-refractivity contribution is -0.137. The zero-order chi connectivity index (χ0) is 16.4. The van der Waals surface area contributed by atoms with Crippen molar-refractivity contribution in [3.63, 3.8) is 0 Å². The van der Waals surface area contributed by atoms with Crippen molar-refractivity contribution in [3.05, 3.63) is 35.2 Å². The molecule has 0 radical (unpaired) electrons. The molecular weight excluding hydrogens is 329 g/mol. The molecule has 1 fully saturated rings. The van der Waals surface area contributed by atoms with E-state index in [2.05, 4.69) is 4.98 Å². The van der Waals surface area contributed by atoms with E-state index >= 15 is 0 Å². The molecule has 8 heteroatoms. The molecule has 23 heavy (non-hydrogen) atoms. The van der Waals surface area contributed by atoms with Gasteiger partial charge in [0.1, 0.15) is 0 Å². The Morgan fingerprint density at radius 1 is 1.30 bits per heavy atom. The van der Waals surface area contributed by atoms with Crippen LogP contribution >= 0.6 is 11.3 Å². The Kier molecular flexibility index (Phi) is 4.56. The van der Waals surface area contributed by atoms with E-state index in [9.17, 15) is 18.3 Å². The molecule has 1 aromatic heterocycles. The van der Waals surface area contributed by atoms with Crippen LogP contribution in [-0.2, 0) is 10.9 Å². The zero-order valence-corrected chi connectivity index (χ0v) is 12.9. The smallest absolute Gasteiger partial charge is 0.389 e. The quantitative estimate of drug-likeness (QED) is 0.910. The van der Waals surface area contributed by atoms with Gasteiger partial charge >= 0.3 is 6.18 Å². The van der Waals surface area contributed by atoms with Gasteiger partial charge in [0.2, 0.25) is 0 Å². The van der Waals surface area contributed by atoms with Crippen LogP contribution in [0.15, 0.2) is 29.6 Å². The lowest BCUT2D eigenvalue weighted by Gasteiger charge is -2.20. The first kappa shape index (κ1) is 16.2. The van der Waals surface area contributed by atoms with E-state index in [4.69, 9.17) is 4.74 Å². The van der Waals surface area contributed by atoms with Crippen LogP contribution in [0.2, 0.25) is 0 Å². The molecule has 1 saturated heterocycles. The van der Waals surface area contributed by atoms with Crippen molar-refractivity contribution in [2.45, 2.75) is 12.3 Å².